The van der Waals surface area contributed by atoms with E-state index < -0.39 is 0 Å². The minimum Gasteiger partial charge on any atom is -0.469 e. The van der Waals surface area contributed by atoms with Crippen molar-refractivity contribution in [2.45, 2.75) is 51.4 Å². The molecule has 0 heterocycles. The van der Waals surface area contributed by atoms with Gasteiger partial charge in [-0.25, -0.2) is 0 Å². The summed E-state index contributed by atoms with van der Waals surface area (Å²) < 4.78 is 4.82. The minimum absolute atomic E-state index is 0.0427. The summed E-state index contributed by atoms with van der Waals surface area (Å²) in [4.78, 5) is 11.5. The van der Waals surface area contributed by atoms with Crippen molar-refractivity contribution in [3.05, 3.63) is 12.2 Å². The fraction of sp³-hybridized carbons (Fsp3) is 0.769. The molecule has 1 atom stereocenters. The second kappa shape index (κ2) is 7.49. The standard InChI is InChI=1S/C13H22O2/c1-15-13(14)12-10-8-6-4-2-3-5-7-9-11-12/h6,8,12H,2-5,7,9-11H2,1H3/b8-6-. The van der Waals surface area contributed by atoms with Crippen LogP contribution in [0, 0.1) is 5.92 Å². The fourth-order valence-electron chi connectivity index (χ4n) is 2.06. The Balaban J connectivity index is 2.44. The van der Waals surface area contributed by atoms with Crippen molar-refractivity contribution in [1.29, 1.82) is 0 Å². The quantitative estimate of drug-likeness (QED) is 0.489. The first-order valence-corrected chi connectivity index (χ1v) is 6.07. The molecule has 15 heavy (non-hydrogen) atoms. The first-order valence-electron chi connectivity index (χ1n) is 6.07. The predicted molar refractivity (Wildman–Crippen MR) is 61.6 cm³/mol. The van der Waals surface area contributed by atoms with Gasteiger partial charge in [0.1, 0.15) is 0 Å². The highest BCUT2D eigenvalue weighted by Gasteiger charge is 2.17. The number of ether oxygens (including phenoxy) is 1. The van der Waals surface area contributed by atoms with Crippen LogP contribution < -0.4 is 0 Å². The van der Waals surface area contributed by atoms with Crippen molar-refractivity contribution in [1.82, 2.24) is 0 Å². The molecule has 1 aliphatic rings. The monoisotopic (exact) mass is 210 g/mol. The number of methoxy groups -OCH3 is 1. The molecular formula is C13H22O2. The third-order valence-electron chi connectivity index (χ3n) is 3.05. The lowest BCUT2D eigenvalue weighted by atomic mass is 9.97. The Morgan fingerprint density at radius 2 is 1.87 bits per heavy atom. The largest absolute Gasteiger partial charge is 0.469 e. The van der Waals surface area contributed by atoms with Gasteiger partial charge < -0.3 is 4.74 Å². The lowest BCUT2D eigenvalue weighted by Gasteiger charge is -2.11. The zero-order valence-corrected chi connectivity index (χ0v) is 9.71. The second-order valence-corrected chi connectivity index (χ2v) is 4.27. The summed E-state index contributed by atoms with van der Waals surface area (Å²) in [5.41, 5.74) is 0. The Bertz CT molecular complexity index is 209. The maximum atomic E-state index is 11.5. The molecule has 1 unspecified atom stereocenters. The Morgan fingerprint density at radius 1 is 1.13 bits per heavy atom. The molecule has 1 aliphatic carbocycles. The molecule has 0 aromatic heterocycles. The Labute approximate surface area is 92.7 Å². The molecule has 0 aromatic rings. The van der Waals surface area contributed by atoms with Gasteiger partial charge in [-0.1, -0.05) is 37.8 Å². The molecule has 0 N–H and O–H groups in total. The highest BCUT2D eigenvalue weighted by molar-refractivity contribution is 5.72. The van der Waals surface area contributed by atoms with Crippen LogP contribution in [0.5, 0.6) is 0 Å². The van der Waals surface area contributed by atoms with Crippen molar-refractivity contribution < 1.29 is 9.53 Å². The van der Waals surface area contributed by atoms with Gasteiger partial charge in [0.15, 0.2) is 0 Å². The molecule has 2 nitrogen and oxygen atoms in total. The van der Waals surface area contributed by atoms with E-state index in [1.165, 1.54) is 32.8 Å². The number of hydrogen-bond acceptors (Lipinski definition) is 2. The Kier molecular flexibility index (Phi) is 6.14. The summed E-state index contributed by atoms with van der Waals surface area (Å²) in [7, 11) is 1.48. The van der Waals surface area contributed by atoms with Crippen molar-refractivity contribution in [2.24, 2.45) is 5.92 Å². The molecule has 0 aliphatic heterocycles. The van der Waals surface area contributed by atoms with Crippen LogP contribution in [0.1, 0.15) is 51.4 Å². The van der Waals surface area contributed by atoms with E-state index in [4.69, 9.17) is 4.74 Å². The van der Waals surface area contributed by atoms with Crippen molar-refractivity contribution in [3.63, 3.8) is 0 Å². The van der Waals surface area contributed by atoms with Crippen molar-refractivity contribution in [3.8, 4) is 0 Å². The van der Waals surface area contributed by atoms with Crippen LogP contribution in [-0.4, -0.2) is 13.1 Å². The average molecular weight is 210 g/mol. The van der Waals surface area contributed by atoms with E-state index in [0.717, 1.165) is 25.7 Å². The SMILES string of the molecule is COC(=O)C1C/C=C\CCCCCCC1. The molecule has 86 valence electrons. The topological polar surface area (TPSA) is 26.3 Å². The van der Waals surface area contributed by atoms with E-state index >= 15 is 0 Å². The summed E-state index contributed by atoms with van der Waals surface area (Å²) >= 11 is 0. The molecule has 2 heteroatoms. The van der Waals surface area contributed by atoms with Crippen LogP contribution in [0.2, 0.25) is 0 Å². The maximum Gasteiger partial charge on any atom is 0.308 e. The number of rotatable bonds is 1. The van der Waals surface area contributed by atoms with Gasteiger partial charge in [0.25, 0.3) is 0 Å². The van der Waals surface area contributed by atoms with Gasteiger partial charge in [0.2, 0.25) is 0 Å². The molecule has 0 radical (unpaired) electrons. The third kappa shape index (κ3) is 5.01. The Hall–Kier alpha value is -0.790. The van der Waals surface area contributed by atoms with E-state index in [0.29, 0.717) is 0 Å². The number of carbonyl (C=O) groups excluding carboxylic acids is 1. The smallest absolute Gasteiger partial charge is 0.308 e. The molecule has 0 saturated carbocycles. The van der Waals surface area contributed by atoms with Crippen LogP contribution >= 0.6 is 0 Å². The molecule has 0 bridgehead atoms. The van der Waals surface area contributed by atoms with Gasteiger partial charge in [0.05, 0.1) is 13.0 Å². The number of allylic oxidation sites excluding steroid dienone is 2. The molecule has 0 aromatic carbocycles. The van der Waals surface area contributed by atoms with E-state index in [1.54, 1.807) is 0 Å². The van der Waals surface area contributed by atoms with E-state index in [-0.39, 0.29) is 11.9 Å². The lowest BCUT2D eigenvalue weighted by Crippen LogP contribution is -2.15. The van der Waals surface area contributed by atoms with Crippen LogP contribution in [-0.2, 0) is 9.53 Å². The van der Waals surface area contributed by atoms with Gasteiger partial charge in [-0.3, -0.25) is 4.79 Å². The summed E-state index contributed by atoms with van der Waals surface area (Å²) in [5, 5.41) is 0. The number of carbonyl (C=O) groups is 1. The second-order valence-electron chi connectivity index (χ2n) is 4.27. The molecule has 0 amide bonds. The maximum absolute atomic E-state index is 11.5. The van der Waals surface area contributed by atoms with Crippen LogP contribution in [0.3, 0.4) is 0 Å². The van der Waals surface area contributed by atoms with Crippen LogP contribution in [0.4, 0.5) is 0 Å². The zero-order chi connectivity index (χ0) is 10.9. The number of esters is 1. The summed E-state index contributed by atoms with van der Waals surface area (Å²) in [5.74, 6) is 0.0447. The zero-order valence-electron chi connectivity index (χ0n) is 9.71. The lowest BCUT2D eigenvalue weighted by molar-refractivity contribution is -0.145. The number of hydrogen-bond donors (Lipinski definition) is 0. The van der Waals surface area contributed by atoms with Crippen LogP contribution in [0.15, 0.2) is 12.2 Å². The highest BCUT2D eigenvalue weighted by Crippen LogP contribution is 2.18. The summed E-state index contributed by atoms with van der Waals surface area (Å²) in [6.07, 6.45) is 13.7. The minimum atomic E-state index is -0.0427. The fourth-order valence-corrected chi connectivity index (χ4v) is 2.06. The van der Waals surface area contributed by atoms with Gasteiger partial charge in [-0.2, -0.15) is 0 Å². The Morgan fingerprint density at radius 3 is 2.67 bits per heavy atom. The average Bonchev–Trinajstić information content (AvgIpc) is 2.32. The van der Waals surface area contributed by atoms with Gasteiger partial charge >= 0.3 is 5.97 Å². The first-order chi connectivity index (χ1) is 7.34. The molecule has 0 fully saturated rings. The first kappa shape index (κ1) is 12.3. The summed E-state index contributed by atoms with van der Waals surface area (Å²) in [6, 6.07) is 0. The van der Waals surface area contributed by atoms with E-state index in [1.807, 2.05) is 0 Å². The highest BCUT2D eigenvalue weighted by atomic mass is 16.5. The van der Waals surface area contributed by atoms with Gasteiger partial charge in [-0.15, -0.1) is 0 Å². The van der Waals surface area contributed by atoms with E-state index in [9.17, 15) is 4.79 Å². The van der Waals surface area contributed by atoms with Gasteiger partial charge in [0, 0.05) is 0 Å². The summed E-state index contributed by atoms with van der Waals surface area (Å²) in [6.45, 7) is 0. The van der Waals surface area contributed by atoms with Gasteiger partial charge in [-0.05, 0) is 25.7 Å². The van der Waals surface area contributed by atoms with Crippen molar-refractivity contribution in [2.75, 3.05) is 7.11 Å². The molecule has 1 rings (SSSR count). The van der Waals surface area contributed by atoms with E-state index in [2.05, 4.69) is 12.2 Å². The molecule has 0 saturated heterocycles. The molecular weight excluding hydrogens is 188 g/mol. The predicted octanol–water partition coefficient (Wildman–Crippen LogP) is 3.47. The third-order valence-corrected chi connectivity index (χ3v) is 3.05. The van der Waals surface area contributed by atoms with Crippen molar-refractivity contribution >= 4 is 5.97 Å². The normalized spacial score (nSPS) is 26.3. The van der Waals surface area contributed by atoms with Crippen LogP contribution in [0.25, 0.3) is 0 Å². The molecule has 0 spiro atoms.